The number of rotatable bonds is 5. The second-order valence-electron chi connectivity index (χ2n) is 6.23. The molecule has 26 heavy (non-hydrogen) atoms. The van der Waals surface area contributed by atoms with Gasteiger partial charge in [-0.2, -0.15) is 0 Å². The number of hydrogen-bond acceptors (Lipinski definition) is 3. The number of anilines is 1. The number of carboxylic acid groups (broad SMARTS) is 1. The number of benzene rings is 2. The normalized spacial score (nSPS) is 15.4. The van der Waals surface area contributed by atoms with Gasteiger partial charge < -0.3 is 15.3 Å². The van der Waals surface area contributed by atoms with E-state index in [4.69, 9.17) is 0 Å². The summed E-state index contributed by atoms with van der Waals surface area (Å²) in [6, 6.07) is 14.3. The molecule has 1 aliphatic heterocycles. The van der Waals surface area contributed by atoms with Gasteiger partial charge in [-0.1, -0.05) is 30.3 Å². The maximum atomic E-state index is 12.7. The minimum absolute atomic E-state index is 0.119. The van der Waals surface area contributed by atoms with Gasteiger partial charge in [0.1, 0.15) is 5.92 Å². The monoisotopic (exact) mass is 352 g/mol. The van der Waals surface area contributed by atoms with E-state index in [1.165, 1.54) is 0 Å². The fourth-order valence-electron chi connectivity index (χ4n) is 3.25. The Morgan fingerprint density at radius 3 is 2.65 bits per heavy atom. The van der Waals surface area contributed by atoms with E-state index in [0.717, 1.165) is 5.56 Å². The number of nitrogens with one attached hydrogen (secondary N) is 1. The Bertz CT molecular complexity index is 862. The van der Waals surface area contributed by atoms with Crippen LogP contribution in [-0.4, -0.2) is 36.5 Å². The van der Waals surface area contributed by atoms with E-state index in [0.29, 0.717) is 23.2 Å². The molecule has 1 aliphatic rings. The van der Waals surface area contributed by atoms with Crippen molar-refractivity contribution in [2.75, 3.05) is 18.5 Å². The van der Waals surface area contributed by atoms with Gasteiger partial charge in [0.25, 0.3) is 5.91 Å². The first-order valence-electron chi connectivity index (χ1n) is 8.44. The highest BCUT2D eigenvalue weighted by Crippen LogP contribution is 2.36. The molecule has 0 bridgehead atoms. The second kappa shape index (κ2) is 7.39. The molecular weight excluding hydrogens is 332 g/mol. The number of carboxylic acids is 1. The average Bonchev–Trinajstić information content (AvgIpc) is 3.06. The van der Waals surface area contributed by atoms with Gasteiger partial charge in [-0.3, -0.25) is 14.4 Å². The molecule has 0 fully saturated rings. The fourth-order valence-corrected chi connectivity index (χ4v) is 3.25. The molecule has 2 N–H and O–H groups in total. The molecule has 1 atom stereocenters. The van der Waals surface area contributed by atoms with E-state index in [1.807, 2.05) is 6.07 Å². The SMILES string of the molecule is CNC(=O)c1cccc(CCC(=O)N2CC(C(=O)O)c3ccccc32)c1. The minimum atomic E-state index is -0.925. The summed E-state index contributed by atoms with van der Waals surface area (Å²) >= 11 is 0. The third-order valence-electron chi connectivity index (χ3n) is 4.61. The Labute approximate surface area is 151 Å². The van der Waals surface area contributed by atoms with Gasteiger partial charge >= 0.3 is 5.97 Å². The predicted molar refractivity (Wildman–Crippen MR) is 97.3 cm³/mol. The van der Waals surface area contributed by atoms with Crippen molar-refractivity contribution in [3.8, 4) is 0 Å². The maximum Gasteiger partial charge on any atom is 0.312 e. The largest absolute Gasteiger partial charge is 0.481 e. The first kappa shape index (κ1) is 17.7. The smallest absolute Gasteiger partial charge is 0.312 e. The molecule has 0 saturated carbocycles. The summed E-state index contributed by atoms with van der Waals surface area (Å²) in [7, 11) is 1.57. The lowest BCUT2D eigenvalue weighted by atomic mass is 10.0. The molecular formula is C20H20N2O4. The highest BCUT2D eigenvalue weighted by molar-refractivity contribution is 5.99. The predicted octanol–water partition coefficient (Wildman–Crippen LogP) is 2.19. The molecule has 6 nitrogen and oxygen atoms in total. The Kier molecular flexibility index (Phi) is 5.02. The number of carbonyl (C=O) groups is 3. The van der Waals surface area contributed by atoms with Gasteiger partial charge in [-0.05, 0) is 35.7 Å². The number of para-hydroxylation sites is 1. The summed E-state index contributed by atoms with van der Waals surface area (Å²) in [5, 5.41) is 12.0. The van der Waals surface area contributed by atoms with Crippen molar-refractivity contribution in [2.24, 2.45) is 0 Å². The summed E-state index contributed by atoms with van der Waals surface area (Å²) in [5.74, 6) is -1.90. The average molecular weight is 352 g/mol. The van der Waals surface area contributed by atoms with Crippen LogP contribution in [0.15, 0.2) is 48.5 Å². The van der Waals surface area contributed by atoms with Crippen molar-refractivity contribution in [3.63, 3.8) is 0 Å². The summed E-state index contributed by atoms with van der Waals surface area (Å²) in [6.07, 6.45) is 0.734. The lowest BCUT2D eigenvalue weighted by molar-refractivity contribution is -0.138. The highest BCUT2D eigenvalue weighted by atomic mass is 16.4. The van der Waals surface area contributed by atoms with Crippen LogP contribution in [-0.2, 0) is 16.0 Å². The number of carbonyl (C=O) groups excluding carboxylic acids is 2. The third-order valence-corrected chi connectivity index (χ3v) is 4.61. The molecule has 2 aromatic carbocycles. The molecule has 0 aliphatic carbocycles. The Morgan fingerprint density at radius 2 is 1.92 bits per heavy atom. The summed E-state index contributed by atoms with van der Waals surface area (Å²) in [6.45, 7) is 0.159. The molecule has 0 radical (unpaired) electrons. The lowest BCUT2D eigenvalue weighted by Gasteiger charge is -2.17. The van der Waals surface area contributed by atoms with E-state index >= 15 is 0 Å². The number of nitrogens with zero attached hydrogens (tertiary/aromatic N) is 1. The van der Waals surface area contributed by atoms with Crippen molar-refractivity contribution in [2.45, 2.75) is 18.8 Å². The zero-order valence-electron chi connectivity index (χ0n) is 14.4. The number of aryl methyl sites for hydroxylation is 1. The molecule has 2 aromatic rings. The van der Waals surface area contributed by atoms with Gasteiger partial charge in [0.2, 0.25) is 5.91 Å². The van der Waals surface area contributed by atoms with E-state index in [-0.39, 0.29) is 24.8 Å². The van der Waals surface area contributed by atoms with Crippen molar-refractivity contribution < 1.29 is 19.5 Å². The highest BCUT2D eigenvalue weighted by Gasteiger charge is 2.35. The quantitative estimate of drug-likeness (QED) is 0.864. The summed E-state index contributed by atoms with van der Waals surface area (Å²) < 4.78 is 0. The number of amides is 2. The van der Waals surface area contributed by atoms with E-state index in [2.05, 4.69) is 5.32 Å². The fraction of sp³-hybridized carbons (Fsp3) is 0.250. The molecule has 1 unspecified atom stereocenters. The van der Waals surface area contributed by atoms with Gasteiger partial charge in [0, 0.05) is 31.3 Å². The summed E-state index contributed by atoms with van der Waals surface area (Å²) in [5.41, 5.74) is 2.79. The molecule has 3 rings (SSSR count). The van der Waals surface area contributed by atoms with E-state index in [1.54, 1.807) is 54.4 Å². The molecule has 6 heteroatoms. The van der Waals surface area contributed by atoms with Crippen LogP contribution in [0.1, 0.15) is 33.8 Å². The maximum absolute atomic E-state index is 12.7. The van der Waals surface area contributed by atoms with Gasteiger partial charge in [-0.25, -0.2) is 0 Å². The Balaban J connectivity index is 1.72. The standard InChI is InChI=1S/C20H20N2O4/c1-21-19(24)14-6-4-5-13(11-14)9-10-18(23)22-12-16(20(25)26)15-7-2-3-8-17(15)22/h2-8,11,16H,9-10,12H2,1H3,(H,21,24)(H,25,26). The Morgan fingerprint density at radius 1 is 1.15 bits per heavy atom. The number of hydrogen-bond donors (Lipinski definition) is 2. The van der Waals surface area contributed by atoms with Crippen molar-refractivity contribution in [3.05, 3.63) is 65.2 Å². The van der Waals surface area contributed by atoms with Crippen molar-refractivity contribution in [1.82, 2.24) is 5.32 Å². The van der Waals surface area contributed by atoms with Crippen LogP contribution in [0.2, 0.25) is 0 Å². The zero-order valence-corrected chi connectivity index (χ0v) is 14.4. The molecule has 0 saturated heterocycles. The van der Waals surface area contributed by atoms with Crippen LogP contribution in [0, 0.1) is 0 Å². The molecule has 0 spiro atoms. The second-order valence-corrected chi connectivity index (χ2v) is 6.23. The topological polar surface area (TPSA) is 86.7 Å². The molecule has 0 aromatic heterocycles. The van der Waals surface area contributed by atoms with Crippen LogP contribution in [0.4, 0.5) is 5.69 Å². The van der Waals surface area contributed by atoms with Crippen molar-refractivity contribution >= 4 is 23.5 Å². The third kappa shape index (κ3) is 3.44. The molecule has 134 valence electrons. The van der Waals surface area contributed by atoms with E-state index < -0.39 is 11.9 Å². The van der Waals surface area contributed by atoms with Gasteiger partial charge in [0.15, 0.2) is 0 Å². The van der Waals surface area contributed by atoms with Crippen LogP contribution in [0.5, 0.6) is 0 Å². The lowest BCUT2D eigenvalue weighted by Crippen LogP contribution is -2.31. The van der Waals surface area contributed by atoms with Crippen LogP contribution >= 0.6 is 0 Å². The number of fused-ring (bicyclic) bond motifs is 1. The minimum Gasteiger partial charge on any atom is -0.481 e. The van der Waals surface area contributed by atoms with Gasteiger partial charge in [0.05, 0.1) is 0 Å². The van der Waals surface area contributed by atoms with Crippen molar-refractivity contribution in [1.29, 1.82) is 0 Å². The summed E-state index contributed by atoms with van der Waals surface area (Å²) in [4.78, 5) is 37.4. The Hall–Kier alpha value is -3.15. The van der Waals surface area contributed by atoms with Crippen LogP contribution in [0.25, 0.3) is 0 Å². The van der Waals surface area contributed by atoms with Gasteiger partial charge in [-0.15, -0.1) is 0 Å². The zero-order chi connectivity index (χ0) is 18.7. The first-order chi connectivity index (χ1) is 12.5. The molecule has 1 heterocycles. The van der Waals surface area contributed by atoms with E-state index in [9.17, 15) is 19.5 Å². The van der Waals surface area contributed by atoms with Crippen LogP contribution in [0.3, 0.4) is 0 Å². The number of aliphatic carboxylic acids is 1. The molecule has 2 amide bonds. The first-order valence-corrected chi connectivity index (χ1v) is 8.44. The van der Waals surface area contributed by atoms with Crippen LogP contribution < -0.4 is 10.2 Å².